The highest BCUT2D eigenvalue weighted by Crippen LogP contribution is 2.28. The number of ether oxygens (including phenoxy) is 1. The van der Waals surface area contributed by atoms with Gasteiger partial charge < -0.3 is 20.9 Å². The third-order valence-corrected chi connectivity index (χ3v) is 2.59. The van der Waals surface area contributed by atoms with Crippen LogP contribution in [0.4, 0.5) is 0 Å². The molecule has 5 heteroatoms. The first kappa shape index (κ1) is 12.4. The zero-order chi connectivity index (χ0) is 11.5. The molecule has 15 heavy (non-hydrogen) atoms. The van der Waals surface area contributed by atoms with E-state index < -0.39 is 12.0 Å². The average Bonchev–Trinajstić information content (AvgIpc) is 2.45. The Bertz CT molecular complexity index is 231. The number of nitrogens with two attached hydrogens (primary N) is 1. The predicted octanol–water partition coefficient (Wildman–Crippen LogP) is -0.620. The van der Waals surface area contributed by atoms with Crippen molar-refractivity contribution in [2.45, 2.75) is 44.5 Å². The average molecular weight is 216 g/mol. The number of primary amides is 1. The maximum absolute atomic E-state index is 10.5. The molecule has 0 aromatic rings. The van der Waals surface area contributed by atoms with E-state index in [1.54, 1.807) is 0 Å². The van der Waals surface area contributed by atoms with E-state index in [2.05, 4.69) is 19.2 Å². The Kier molecular flexibility index (Phi) is 4.07. The molecule has 4 N–H and O–H groups in total. The summed E-state index contributed by atoms with van der Waals surface area (Å²) in [6.07, 6.45) is 1.10. The Labute approximate surface area is 90.0 Å². The van der Waals surface area contributed by atoms with Gasteiger partial charge in [0.05, 0.1) is 11.7 Å². The smallest absolute Gasteiger partial charge is 0.247 e. The molecule has 0 spiro atoms. The van der Waals surface area contributed by atoms with Crippen molar-refractivity contribution in [3.8, 4) is 0 Å². The number of nitrogens with one attached hydrogen (secondary N) is 1. The van der Waals surface area contributed by atoms with Crippen molar-refractivity contribution in [3.05, 3.63) is 0 Å². The van der Waals surface area contributed by atoms with E-state index in [4.69, 9.17) is 15.6 Å². The molecule has 1 rings (SSSR count). The lowest BCUT2D eigenvalue weighted by Gasteiger charge is -2.19. The molecular formula is C10H20N2O3. The number of hydrogen-bond donors (Lipinski definition) is 3. The van der Waals surface area contributed by atoms with Gasteiger partial charge >= 0.3 is 0 Å². The fourth-order valence-electron chi connectivity index (χ4n) is 1.70. The quantitative estimate of drug-likeness (QED) is 0.572. The van der Waals surface area contributed by atoms with Crippen LogP contribution in [0.1, 0.15) is 26.7 Å². The lowest BCUT2D eigenvalue weighted by molar-refractivity contribution is -0.125. The van der Waals surface area contributed by atoms with Crippen molar-refractivity contribution < 1.29 is 14.6 Å². The van der Waals surface area contributed by atoms with Gasteiger partial charge in [-0.05, 0) is 26.7 Å². The summed E-state index contributed by atoms with van der Waals surface area (Å²) in [5.41, 5.74) is 4.87. The second-order valence-electron chi connectivity index (χ2n) is 4.61. The highest BCUT2D eigenvalue weighted by atomic mass is 16.5. The standard InChI is InChI=1S/C10H20N2O3/c1-10(2)4-3-7(15-10)5-12-6-8(13)9(11)14/h7-8,12-13H,3-6H2,1-2H3,(H2,11,14). The maximum Gasteiger partial charge on any atom is 0.247 e. The number of aliphatic hydroxyl groups excluding tert-OH is 1. The van der Waals surface area contributed by atoms with E-state index in [1.807, 2.05) is 0 Å². The Morgan fingerprint density at radius 3 is 2.87 bits per heavy atom. The SMILES string of the molecule is CC1(C)CCC(CNCC(O)C(N)=O)O1. The zero-order valence-corrected chi connectivity index (χ0v) is 9.32. The lowest BCUT2D eigenvalue weighted by Crippen LogP contribution is -2.40. The highest BCUT2D eigenvalue weighted by Gasteiger charge is 2.31. The van der Waals surface area contributed by atoms with Gasteiger partial charge in [0.2, 0.25) is 5.91 Å². The van der Waals surface area contributed by atoms with Crippen LogP contribution in [-0.2, 0) is 9.53 Å². The van der Waals surface area contributed by atoms with Crippen molar-refractivity contribution in [2.75, 3.05) is 13.1 Å². The van der Waals surface area contributed by atoms with Crippen LogP contribution in [0.25, 0.3) is 0 Å². The number of amides is 1. The summed E-state index contributed by atoms with van der Waals surface area (Å²) < 4.78 is 5.73. The third-order valence-electron chi connectivity index (χ3n) is 2.59. The van der Waals surface area contributed by atoms with Gasteiger partial charge in [0, 0.05) is 13.1 Å². The van der Waals surface area contributed by atoms with Crippen LogP contribution < -0.4 is 11.1 Å². The number of hydrogen-bond acceptors (Lipinski definition) is 4. The van der Waals surface area contributed by atoms with E-state index in [0.29, 0.717) is 6.54 Å². The van der Waals surface area contributed by atoms with Gasteiger partial charge in [-0.25, -0.2) is 0 Å². The van der Waals surface area contributed by atoms with Gasteiger partial charge in [0.25, 0.3) is 0 Å². The van der Waals surface area contributed by atoms with Gasteiger partial charge in [-0.1, -0.05) is 0 Å². The molecule has 0 radical (unpaired) electrons. The van der Waals surface area contributed by atoms with Crippen LogP contribution in [0, 0.1) is 0 Å². The molecule has 1 aliphatic heterocycles. The fraction of sp³-hybridized carbons (Fsp3) is 0.900. The van der Waals surface area contributed by atoms with Crippen LogP contribution in [0.5, 0.6) is 0 Å². The van der Waals surface area contributed by atoms with E-state index in [9.17, 15) is 4.79 Å². The first-order chi connectivity index (χ1) is 6.91. The third kappa shape index (κ3) is 4.15. The zero-order valence-electron chi connectivity index (χ0n) is 9.32. The second-order valence-corrected chi connectivity index (χ2v) is 4.61. The Balaban J connectivity index is 2.14. The summed E-state index contributed by atoms with van der Waals surface area (Å²) in [6, 6.07) is 0. The van der Waals surface area contributed by atoms with Crippen LogP contribution >= 0.6 is 0 Å². The van der Waals surface area contributed by atoms with Crippen LogP contribution in [-0.4, -0.2) is 41.9 Å². The molecular weight excluding hydrogens is 196 g/mol. The van der Waals surface area contributed by atoms with Gasteiger partial charge in [-0.3, -0.25) is 4.79 Å². The number of carbonyl (C=O) groups is 1. The van der Waals surface area contributed by atoms with Gasteiger partial charge in [-0.15, -0.1) is 0 Å². The molecule has 1 amide bonds. The molecule has 1 saturated heterocycles. The Morgan fingerprint density at radius 1 is 1.73 bits per heavy atom. The topological polar surface area (TPSA) is 84.6 Å². The summed E-state index contributed by atoms with van der Waals surface area (Å²) in [5, 5.41) is 12.1. The summed E-state index contributed by atoms with van der Waals surface area (Å²) in [5.74, 6) is -0.699. The summed E-state index contributed by atoms with van der Waals surface area (Å²) in [6.45, 7) is 4.96. The monoisotopic (exact) mass is 216 g/mol. The molecule has 0 bridgehead atoms. The minimum Gasteiger partial charge on any atom is -0.382 e. The van der Waals surface area contributed by atoms with E-state index in [0.717, 1.165) is 12.8 Å². The molecule has 1 aliphatic rings. The molecule has 0 aliphatic carbocycles. The number of carbonyl (C=O) groups excluding carboxylic acids is 1. The Hall–Kier alpha value is -0.650. The minimum atomic E-state index is -1.11. The molecule has 0 aromatic heterocycles. The fourth-order valence-corrected chi connectivity index (χ4v) is 1.70. The van der Waals surface area contributed by atoms with Crippen molar-refractivity contribution in [3.63, 3.8) is 0 Å². The lowest BCUT2D eigenvalue weighted by atomic mass is 10.1. The van der Waals surface area contributed by atoms with Crippen LogP contribution in [0.2, 0.25) is 0 Å². The van der Waals surface area contributed by atoms with E-state index >= 15 is 0 Å². The number of aliphatic hydroxyl groups is 1. The molecule has 2 atom stereocenters. The van der Waals surface area contributed by atoms with Crippen molar-refractivity contribution >= 4 is 5.91 Å². The first-order valence-electron chi connectivity index (χ1n) is 5.26. The number of rotatable bonds is 5. The van der Waals surface area contributed by atoms with Gasteiger partial charge in [0.15, 0.2) is 0 Å². The minimum absolute atomic E-state index is 0.0470. The van der Waals surface area contributed by atoms with E-state index in [1.165, 1.54) is 0 Å². The van der Waals surface area contributed by atoms with Crippen molar-refractivity contribution in [2.24, 2.45) is 5.73 Å². The molecule has 1 fully saturated rings. The molecule has 5 nitrogen and oxygen atoms in total. The van der Waals surface area contributed by atoms with Crippen LogP contribution in [0.3, 0.4) is 0 Å². The normalized spacial score (nSPS) is 26.5. The van der Waals surface area contributed by atoms with Crippen molar-refractivity contribution in [1.29, 1.82) is 0 Å². The van der Waals surface area contributed by atoms with Gasteiger partial charge in [-0.2, -0.15) is 0 Å². The molecule has 0 saturated carbocycles. The Morgan fingerprint density at radius 2 is 2.40 bits per heavy atom. The summed E-state index contributed by atoms with van der Waals surface area (Å²) in [7, 11) is 0. The molecule has 1 heterocycles. The maximum atomic E-state index is 10.5. The van der Waals surface area contributed by atoms with E-state index in [-0.39, 0.29) is 18.2 Å². The summed E-state index contributed by atoms with van der Waals surface area (Å²) in [4.78, 5) is 10.5. The largest absolute Gasteiger partial charge is 0.382 e. The predicted molar refractivity (Wildman–Crippen MR) is 56.3 cm³/mol. The summed E-state index contributed by atoms with van der Waals surface area (Å²) >= 11 is 0. The van der Waals surface area contributed by atoms with Gasteiger partial charge in [0.1, 0.15) is 6.10 Å². The molecule has 2 unspecified atom stereocenters. The highest BCUT2D eigenvalue weighted by molar-refractivity contribution is 5.78. The second kappa shape index (κ2) is 4.92. The molecule has 88 valence electrons. The molecule has 0 aromatic carbocycles. The first-order valence-corrected chi connectivity index (χ1v) is 5.26. The van der Waals surface area contributed by atoms with Crippen LogP contribution in [0.15, 0.2) is 0 Å². The van der Waals surface area contributed by atoms with Crippen molar-refractivity contribution in [1.82, 2.24) is 5.32 Å².